The number of hydrogen-bond acceptors (Lipinski definition) is 4. The fourth-order valence-corrected chi connectivity index (χ4v) is 3.43. The van der Waals surface area contributed by atoms with Crippen LogP contribution in [0, 0.1) is 5.92 Å². The van der Waals surface area contributed by atoms with E-state index in [4.69, 9.17) is 39.8 Å². The minimum absolute atomic E-state index is 0.0983. The molecule has 146 valence electrons. The summed E-state index contributed by atoms with van der Waals surface area (Å²) in [5.74, 6) is 0.732. The number of carbonyl (C=O) groups is 1. The van der Waals surface area contributed by atoms with Gasteiger partial charge in [-0.2, -0.15) is 0 Å². The Labute approximate surface area is 178 Å². The number of anilines is 1. The first-order valence-electron chi connectivity index (χ1n) is 8.74. The molecule has 0 fully saturated rings. The average Bonchev–Trinajstić information content (AvgIpc) is 2.98. The highest BCUT2D eigenvalue weighted by Crippen LogP contribution is 2.29. The van der Waals surface area contributed by atoms with Gasteiger partial charge >= 0.3 is 0 Å². The Morgan fingerprint density at radius 2 is 1.93 bits per heavy atom. The maximum Gasteiger partial charge on any atom is 0.226 e. The smallest absolute Gasteiger partial charge is 0.226 e. The zero-order valence-electron chi connectivity index (χ0n) is 15.4. The number of nitrogens with one attached hydrogen (secondary N) is 2. The Hall–Kier alpha value is -2.15. The van der Waals surface area contributed by atoms with Gasteiger partial charge in [0.2, 0.25) is 5.91 Å². The molecule has 0 spiro atoms. The molecule has 0 radical (unpaired) electrons. The van der Waals surface area contributed by atoms with Crippen molar-refractivity contribution in [2.75, 3.05) is 5.32 Å². The molecule has 8 heteroatoms. The summed E-state index contributed by atoms with van der Waals surface area (Å²) in [4.78, 5) is 16.2. The van der Waals surface area contributed by atoms with E-state index in [0.717, 1.165) is 11.3 Å². The van der Waals surface area contributed by atoms with Gasteiger partial charge in [0, 0.05) is 23.6 Å². The monoisotopic (exact) mass is 435 g/mol. The molecule has 0 aliphatic carbocycles. The van der Waals surface area contributed by atoms with Crippen molar-refractivity contribution >= 4 is 63.2 Å². The van der Waals surface area contributed by atoms with Crippen LogP contribution in [0.25, 0.3) is 11.1 Å². The van der Waals surface area contributed by atoms with Gasteiger partial charge in [-0.3, -0.25) is 4.79 Å². The van der Waals surface area contributed by atoms with E-state index in [1.807, 2.05) is 38.1 Å². The van der Waals surface area contributed by atoms with Crippen LogP contribution in [0.4, 0.5) is 5.69 Å². The van der Waals surface area contributed by atoms with Crippen LogP contribution in [-0.4, -0.2) is 16.0 Å². The number of nitrogens with zero attached hydrogens (tertiary/aromatic N) is 1. The Kier molecular flexibility index (Phi) is 6.54. The summed E-state index contributed by atoms with van der Waals surface area (Å²) in [7, 11) is 0. The second kappa shape index (κ2) is 8.90. The third kappa shape index (κ3) is 5.44. The number of rotatable bonds is 5. The molecule has 0 saturated heterocycles. The van der Waals surface area contributed by atoms with Gasteiger partial charge < -0.3 is 15.1 Å². The summed E-state index contributed by atoms with van der Waals surface area (Å²) in [6.07, 6.45) is 0.943. The van der Waals surface area contributed by atoms with Crippen LogP contribution >= 0.6 is 35.4 Å². The SMILES string of the molecule is CC(C)CC(=O)NC(=S)Nc1ccc(Cc2nc3cc(Cl)cc(Cl)c3o2)cc1. The lowest BCUT2D eigenvalue weighted by Gasteiger charge is -2.11. The van der Waals surface area contributed by atoms with Crippen LogP contribution in [0.1, 0.15) is 31.7 Å². The lowest BCUT2D eigenvalue weighted by molar-refractivity contribution is -0.120. The topological polar surface area (TPSA) is 67.2 Å². The minimum Gasteiger partial charge on any atom is -0.439 e. The number of amides is 1. The molecule has 2 aromatic carbocycles. The summed E-state index contributed by atoms with van der Waals surface area (Å²) in [5, 5.41) is 6.91. The molecule has 0 atom stereocenters. The predicted molar refractivity (Wildman–Crippen MR) is 117 cm³/mol. The second-order valence-electron chi connectivity index (χ2n) is 6.82. The van der Waals surface area contributed by atoms with E-state index in [9.17, 15) is 4.79 Å². The van der Waals surface area contributed by atoms with Crippen molar-refractivity contribution in [2.24, 2.45) is 5.92 Å². The van der Waals surface area contributed by atoms with Crippen molar-refractivity contribution in [3.05, 3.63) is 57.9 Å². The van der Waals surface area contributed by atoms with Crippen molar-refractivity contribution in [1.29, 1.82) is 0 Å². The molecule has 2 N–H and O–H groups in total. The molecule has 3 rings (SSSR count). The van der Waals surface area contributed by atoms with Gasteiger partial charge in [-0.1, -0.05) is 49.2 Å². The molecule has 0 aliphatic rings. The summed E-state index contributed by atoms with van der Waals surface area (Å²) < 4.78 is 5.74. The lowest BCUT2D eigenvalue weighted by Crippen LogP contribution is -2.34. The van der Waals surface area contributed by atoms with Crippen molar-refractivity contribution in [3.8, 4) is 0 Å². The maximum absolute atomic E-state index is 11.8. The molecule has 0 unspecified atom stereocenters. The van der Waals surface area contributed by atoms with Gasteiger partial charge in [-0.05, 0) is 48.0 Å². The molecule has 0 saturated carbocycles. The Bertz CT molecular complexity index is 1020. The standard InChI is InChI=1S/C20H19Cl2N3O2S/c1-11(2)7-17(26)25-20(28)23-14-5-3-12(4-6-14)8-18-24-16-10-13(21)9-15(22)19(16)27-18/h3-6,9-11H,7-8H2,1-2H3,(H2,23,25,26,28). The van der Waals surface area contributed by atoms with Crippen LogP contribution in [0.3, 0.4) is 0 Å². The van der Waals surface area contributed by atoms with Gasteiger partial charge in [0.05, 0.1) is 5.02 Å². The summed E-state index contributed by atoms with van der Waals surface area (Å²) in [6, 6.07) is 11.0. The number of thiocarbonyl (C=S) groups is 1. The van der Waals surface area contributed by atoms with Crippen molar-refractivity contribution in [1.82, 2.24) is 10.3 Å². The van der Waals surface area contributed by atoms with Crippen LogP contribution in [-0.2, 0) is 11.2 Å². The number of fused-ring (bicyclic) bond motifs is 1. The first-order chi connectivity index (χ1) is 13.3. The summed E-state index contributed by atoms with van der Waals surface area (Å²) >= 11 is 17.3. The molecule has 1 aromatic heterocycles. The van der Waals surface area contributed by atoms with E-state index in [-0.39, 0.29) is 16.9 Å². The third-order valence-electron chi connectivity index (χ3n) is 3.87. The number of aromatic nitrogens is 1. The largest absolute Gasteiger partial charge is 0.439 e. The maximum atomic E-state index is 11.8. The first-order valence-corrected chi connectivity index (χ1v) is 9.91. The zero-order chi connectivity index (χ0) is 20.3. The summed E-state index contributed by atoms with van der Waals surface area (Å²) in [5.41, 5.74) is 2.95. The van der Waals surface area contributed by atoms with Gasteiger partial charge in [-0.15, -0.1) is 0 Å². The quantitative estimate of drug-likeness (QED) is 0.511. The van der Waals surface area contributed by atoms with Crippen molar-refractivity contribution in [2.45, 2.75) is 26.7 Å². The molecule has 0 aliphatic heterocycles. The molecule has 1 amide bonds. The zero-order valence-corrected chi connectivity index (χ0v) is 17.7. The minimum atomic E-state index is -0.0983. The molecular weight excluding hydrogens is 417 g/mol. The summed E-state index contributed by atoms with van der Waals surface area (Å²) in [6.45, 7) is 3.96. The second-order valence-corrected chi connectivity index (χ2v) is 8.07. The van der Waals surface area contributed by atoms with Crippen LogP contribution in [0.5, 0.6) is 0 Å². The van der Waals surface area contributed by atoms with E-state index < -0.39 is 0 Å². The highest BCUT2D eigenvalue weighted by molar-refractivity contribution is 7.80. The average molecular weight is 436 g/mol. The molecule has 1 heterocycles. The number of carbonyl (C=O) groups excluding carboxylic acids is 1. The molecule has 0 bridgehead atoms. The molecule has 28 heavy (non-hydrogen) atoms. The Morgan fingerprint density at radius 1 is 1.21 bits per heavy atom. The van der Waals surface area contributed by atoms with E-state index in [1.54, 1.807) is 12.1 Å². The van der Waals surface area contributed by atoms with Gasteiger partial charge in [0.15, 0.2) is 16.6 Å². The third-order valence-corrected chi connectivity index (χ3v) is 4.57. The van der Waals surface area contributed by atoms with E-state index in [1.165, 1.54) is 0 Å². The van der Waals surface area contributed by atoms with Crippen molar-refractivity contribution in [3.63, 3.8) is 0 Å². The predicted octanol–water partition coefficient (Wildman–Crippen LogP) is 5.58. The Morgan fingerprint density at radius 3 is 2.61 bits per heavy atom. The van der Waals surface area contributed by atoms with Crippen LogP contribution < -0.4 is 10.6 Å². The van der Waals surface area contributed by atoms with Crippen LogP contribution in [0.15, 0.2) is 40.8 Å². The number of oxazole rings is 1. The van der Waals surface area contributed by atoms with Gasteiger partial charge in [0.25, 0.3) is 0 Å². The van der Waals surface area contributed by atoms with E-state index in [0.29, 0.717) is 39.9 Å². The van der Waals surface area contributed by atoms with Crippen molar-refractivity contribution < 1.29 is 9.21 Å². The number of benzene rings is 2. The fraction of sp³-hybridized carbons (Fsp3) is 0.250. The lowest BCUT2D eigenvalue weighted by atomic mass is 10.1. The molecular formula is C20H19Cl2N3O2S. The highest BCUT2D eigenvalue weighted by Gasteiger charge is 2.11. The van der Waals surface area contributed by atoms with E-state index >= 15 is 0 Å². The molecule has 5 nitrogen and oxygen atoms in total. The van der Waals surface area contributed by atoms with Gasteiger partial charge in [-0.25, -0.2) is 4.98 Å². The number of hydrogen-bond donors (Lipinski definition) is 2. The normalized spacial score (nSPS) is 11.0. The van der Waals surface area contributed by atoms with Crippen LogP contribution in [0.2, 0.25) is 10.0 Å². The van der Waals surface area contributed by atoms with Gasteiger partial charge in [0.1, 0.15) is 5.52 Å². The Balaban J connectivity index is 1.62. The highest BCUT2D eigenvalue weighted by atomic mass is 35.5. The first kappa shape index (κ1) is 20.6. The fourth-order valence-electron chi connectivity index (χ4n) is 2.67. The van der Waals surface area contributed by atoms with E-state index in [2.05, 4.69) is 15.6 Å². The number of halogens is 2. The molecule has 3 aromatic rings.